The van der Waals surface area contributed by atoms with Crippen molar-refractivity contribution in [1.82, 2.24) is 0 Å². The number of hydrogen-bond donors (Lipinski definition) is 2. The van der Waals surface area contributed by atoms with Crippen molar-refractivity contribution in [3.8, 4) is 28.7 Å². The SMILES string of the molecule is CCC(=O)c1c(O)c(OC)c(OC)c(OC)c1O. The van der Waals surface area contributed by atoms with Gasteiger partial charge in [0.15, 0.2) is 17.3 Å². The maximum atomic E-state index is 11.7. The van der Waals surface area contributed by atoms with E-state index < -0.39 is 17.3 Å². The molecule has 6 nitrogen and oxygen atoms in total. The van der Waals surface area contributed by atoms with Crippen LogP contribution in [0.4, 0.5) is 0 Å². The standard InChI is InChI=1S/C12H16O6/c1-5-6(13)7-8(14)10(16-2)12(18-4)11(17-3)9(7)15/h14-15H,5H2,1-4H3. The number of carbonyl (C=O) groups excluding carboxylic acids is 1. The summed E-state index contributed by atoms with van der Waals surface area (Å²) in [6.07, 6.45) is 0.125. The average molecular weight is 256 g/mol. The maximum Gasteiger partial charge on any atom is 0.211 e. The van der Waals surface area contributed by atoms with Gasteiger partial charge >= 0.3 is 0 Å². The fraction of sp³-hybridized carbons (Fsp3) is 0.417. The average Bonchev–Trinajstić information content (AvgIpc) is 2.37. The van der Waals surface area contributed by atoms with Crippen molar-refractivity contribution in [3.05, 3.63) is 5.56 Å². The third kappa shape index (κ3) is 2.01. The molecule has 1 rings (SSSR count). The fourth-order valence-corrected chi connectivity index (χ4v) is 1.66. The first-order chi connectivity index (χ1) is 8.53. The number of rotatable bonds is 5. The van der Waals surface area contributed by atoms with E-state index in [1.54, 1.807) is 6.92 Å². The molecule has 6 heteroatoms. The van der Waals surface area contributed by atoms with Gasteiger partial charge in [-0.25, -0.2) is 0 Å². The monoisotopic (exact) mass is 256 g/mol. The van der Waals surface area contributed by atoms with Gasteiger partial charge in [0.25, 0.3) is 0 Å². The van der Waals surface area contributed by atoms with Gasteiger partial charge in [0.05, 0.1) is 21.3 Å². The van der Waals surface area contributed by atoms with Gasteiger partial charge in [-0.15, -0.1) is 0 Å². The second-order valence-corrected chi connectivity index (χ2v) is 3.45. The quantitative estimate of drug-likeness (QED) is 0.780. The number of ketones is 1. The number of aromatic hydroxyl groups is 2. The smallest absolute Gasteiger partial charge is 0.211 e. The second-order valence-electron chi connectivity index (χ2n) is 3.45. The summed E-state index contributed by atoms with van der Waals surface area (Å²) in [6.45, 7) is 1.62. The minimum absolute atomic E-state index is 0.0302. The van der Waals surface area contributed by atoms with E-state index in [2.05, 4.69) is 0 Å². The Kier molecular flexibility index (Phi) is 4.25. The van der Waals surface area contributed by atoms with E-state index in [-0.39, 0.29) is 29.2 Å². The highest BCUT2D eigenvalue weighted by atomic mass is 16.5. The zero-order valence-electron chi connectivity index (χ0n) is 10.7. The van der Waals surface area contributed by atoms with E-state index in [1.807, 2.05) is 0 Å². The lowest BCUT2D eigenvalue weighted by atomic mass is 10.0. The highest BCUT2D eigenvalue weighted by molar-refractivity contribution is 6.03. The third-order valence-electron chi connectivity index (χ3n) is 2.53. The van der Waals surface area contributed by atoms with Crippen LogP contribution in [-0.2, 0) is 0 Å². The van der Waals surface area contributed by atoms with Gasteiger partial charge in [-0.1, -0.05) is 6.92 Å². The summed E-state index contributed by atoms with van der Waals surface area (Å²) in [6, 6.07) is 0. The van der Waals surface area contributed by atoms with Gasteiger partial charge in [-0.3, -0.25) is 4.79 Å². The van der Waals surface area contributed by atoms with Crippen LogP contribution in [0.3, 0.4) is 0 Å². The van der Waals surface area contributed by atoms with Gasteiger partial charge < -0.3 is 24.4 Å². The maximum absolute atomic E-state index is 11.7. The Morgan fingerprint density at radius 2 is 1.33 bits per heavy atom. The third-order valence-corrected chi connectivity index (χ3v) is 2.53. The summed E-state index contributed by atoms with van der Waals surface area (Å²) in [7, 11) is 3.96. The van der Waals surface area contributed by atoms with E-state index in [0.29, 0.717) is 0 Å². The number of phenols is 2. The highest BCUT2D eigenvalue weighted by Gasteiger charge is 2.29. The van der Waals surface area contributed by atoms with Crippen LogP contribution in [-0.4, -0.2) is 37.3 Å². The Morgan fingerprint density at radius 3 is 1.61 bits per heavy atom. The molecule has 0 heterocycles. The van der Waals surface area contributed by atoms with Crippen LogP contribution in [0.1, 0.15) is 23.7 Å². The normalized spacial score (nSPS) is 10.0. The van der Waals surface area contributed by atoms with Crippen LogP contribution in [0.15, 0.2) is 0 Å². The topological polar surface area (TPSA) is 85.2 Å². The Morgan fingerprint density at radius 1 is 0.944 bits per heavy atom. The molecule has 0 atom stereocenters. The molecule has 0 aliphatic heterocycles. The number of phenolic OH excluding ortho intramolecular Hbond substituents is 2. The largest absolute Gasteiger partial charge is 0.504 e. The first kappa shape index (κ1) is 14.0. The van der Waals surface area contributed by atoms with Gasteiger partial charge in [0.1, 0.15) is 5.56 Å². The first-order valence-corrected chi connectivity index (χ1v) is 5.30. The zero-order valence-corrected chi connectivity index (χ0v) is 10.7. The van der Waals surface area contributed by atoms with Crippen molar-refractivity contribution in [2.45, 2.75) is 13.3 Å². The van der Waals surface area contributed by atoms with Crippen molar-refractivity contribution >= 4 is 5.78 Å². The molecule has 18 heavy (non-hydrogen) atoms. The molecule has 0 aliphatic carbocycles. The molecule has 1 aromatic carbocycles. The van der Waals surface area contributed by atoms with E-state index in [1.165, 1.54) is 21.3 Å². The summed E-state index contributed by atoms with van der Waals surface area (Å²) < 4.78 is 15.0. The Hall–Kier alpha value is -2.11. The second kappa shape index (κ2) is 5.48. The van der Waals surface area contributed by atoms with Gasteiger partial charge in [0.2, 0.25) is 17.2 Å². The lowest BCUT2D eigenvalue weighted by Gasteiger charge is -2.17. The molecule has 0 radical (unpaired) electrons. The van der Waals surface area contributed by atoms with Crippen molar-refractivity contribution in [2.75, 3.05) is 21.3 Å². The minimum atomic E-state index is -0.459. The number of ether oxygens (including phenoxy) is 3. The highest BCUT2D eigenvalue weighted by Crippen LogP contribution is 2.52. The molecule has 0 spiro atoms. The van der Waals surface area contributed by atoms with Gasteiger partial charge in [-0.05, 0) is 0 Å². The van der Waals surface area contributed by atoms with Crippen molar-refractivity contribution < 1.29 is 29.2 Å². The Labute approximate surface area is 105 Å². The lowest BCUT2D eigenvalue weighted by molar-refractivity contribution is 0.0981. The van der Waals surface area contributed by atoms with Crippen LogP contribution >= 0.6 is 0 Å². The predicted octanol–water partition coefficient (Wildman–Crippen LogP) is 1.72. The summed E-state index contributed by atoms with van der Waals surface area (Å²) in [5.74, 6) is -1.42. The van der Waals surface area contributed by atoms with Crippen LogP contribution in [0.25, 0.3) is 0 Å². The molecule has 0 saturated carbocycles. The van der Waals surface area contributed by atoms with Crippen molar-refractivity contribution in [1.29, 1.82) is 0 Å². The van der Waals surface area contributed by atoms with Crippen LogP contribution in [0, 0.1) is 0 Å². The van der Waals surface area contributed by atoms with Gasteiger partial charge in [0, 0.05) is 6.42 Å². The molecule has 100 valence electrons. The van der Waals surface area contributed by atoms with Crippen molar-refractivity contribution in [3.63, 3.8) is 0 Å². The van der Waals surface area contributed by atoms with Crippen LogP contribution in [0.2, 0.25) is 0 Å². The summed E-state index contributed by atoms with van der Waals surface area (Å²) in [4.78, 5) is 11.7. The molecule has 0 amide bonds. The number of hydrogen-bond acceptors (Lipinski definition) is 6. The zero-order chi connectivity index (χ0) is 13.9. The summed E-state index contributed by atoms with van der Waals surface area (Å²) >= 11 is 0. The number of benzene rings is 1. The Bertz CT molecular complexity index is 435. The molecule has 0 saturated heterocycles. The van der Waals surface area contributed by atoms with Gasteiger partial charge in [-0.2, -0.15) is 0 Å². The molecule has 0 aromatic heterocycles. The van der Waals surface area contributed by atoms with E-state index in [4.69, 9.17) is 14.2 Å². The van der Waals surface area contributed by atoms with Crippen LogP contribution < -0.4 is 14.2 Å². The molecule has 0 fully saturated rings. The predicted molar refractivity (Wildman–Crippen MR) is 64.0 cm³/mol. The van der Waals surface area contributed by atoms with Crippen molar-refractivity contribution in [2.24, 2.45) is 0 Å². The van der Waals surface area contributed by atoms with E-state index in [0.717, 1.165) is 0 Å². The molecular weight excluding hydrogens is 240 g/mol. The number of Topliss-reactive ketones (excluding diaryl/α,β-unsaturated/α-hetero) is 1. The molecular formula is C12H16O6. The molecule has 0 aliphatic rings. The van der Waals surface area contributed by atoms with E-state index in [9.17, 15) is 15.0 Å². The summed E-state index contributed by atoms with van der Waals surface area (Å²) in [5.41, 5.74) is -0.230. The summed E-state index contributed by atoms with van der Waals surface area (Å²) in [5, 5.41) is 19.9. The fourth-order valence-electron chi connectivity index (χ4n) is 1.66. The number of methoxy groups -OCH3 is 3. The Balaban J connectivity index is 3.69. The molecule has 0 unspecified atom stereocenters. The minimum Gasteiger partial charge on any atom is -0.504 e. The van der Waals surface area contributed by atoms with Crippen LogP contribution in [0.5, 0.6) is 28.7 Å². The van der Waals surface area contributed by atoms with E-state index >= 15 is 0 Å². The lowest BCUT2D eigenvalue weighted by Crippen LogP contribution is -2.03. The number of carbonyl (C=O) groups is 1. The molecule has 0 bridgehead atoms. The molecule has 1 aromatic rings. The first-order valence-electron chi connectivity index (χ1n) is 5.30. The molecule has 2 N–H and O–H groups in total.